The molecule has 3 rings (SSSR count). The number of azo groups is 1. The number of rotatable bonds is 2. The van der Waals surface area contributed by atoms with Crippen molar-refractivity contribution < 1.29 is 5.11 Å². The highest BCUT2D eigenvalue weighted by molar-refractivity contribution is 6.36. The van der Waals surface area contributed by atoms with E-state index >= 15 is 0 Å². The van der Waals surface area contributed by atoms with Crippen molar-refractivity contribution in [3.63, 3.8) is 0 Å². The van der Waals surface area contributed by atoms with Gasteiger partial charge in [-0.2, -0.15) is 0 Å². The summed E-state index contributed by atoms with van der Waals surface area (Å²) in [5.41, 5.74) is 1.66. The van der Waals surface area contributed by atoms with Crippen LogP contribution >= 0.6 is 23.2 Å². The van der Waals surface area contributed by atoms with E-state index in [1.165, 1.54) is 0 Å². The molecule has 0 fully saturated rings. The summed E-state index contributed by atoms with van der Waals surface area (Å²) < 4.78 is 0. The zero-order valence-electron chi connectivity index (χ0n) is 10.1. The fraction of sp³-hybridized carbons (Fsp3) is 0. The van der Waals surface area contributed by atoms with Gasteiger partial charge in [-0.25, -0.2) is 0 Å². The first-order valence-corrected chi connectivity index (χ1v) is 6.57. The van der Waals surface area contributed by atoms with Crippen molar-refractivity contribution in [3.8, 4) is 5.88 Å². The van der Waals surface area contributed by atoms with Crippen LogP contribution in [0.1, 0.15) is 0 Å². The van der Waals surface area contributed by atoms with Gasteiger partial charge in [0.15, 0.2) is 5.69 Å². The van der Waals surface area contributed by atoms with Crippen LogP contribution in [0.5, 0.6) is 5.88 Å². The Bertz CT molecular complexity index is 811. The maximum Gasteiger partial charge on any atom is 0.218 e. The third-order valence-electron chi connectivity index (χ3n) is 2.83. The van der Waals surface area contributed by atoms with E-state index in [0.29, 0.717) is 21.4 Å². The van der Waals surface area contributed by atoms with Gasteiger partial charge in [0.2, 0.25) is 5.88 Å². The molecule has 6 heteroatoms. The molecule has 0 radical (unpaired) electrons. The van der Waals surface area contributed by atoms with E-state index in [9.17, 15) is 5.11 Å². The number of benzene rings is 2. The SMILES string of the molecule is Oc1[nH]c2ccccc2c1N=Nc1ccc(Cl)cc1Cl. The van der Waals surface area contributed by atoms with E-state index in [-0.39, 0.29) is 5.88 Å². The predicted octanol–water partition coefficient (Wildman–Crippen LogP) is 5.60. The minimum absolute atomic E-state index is 0.0277. The Morgan fingerprint density at radius 3 is 2.60 bits per heavy atom. The number of H-pyrrole nitrogens is 1. The highest BCUT2D eigenvalue weighted by Crippen LogP contribution is 2.37. The second-order valence-electron chi connectivity index (χ2n) is 4.16. The number of fused-ring (bicyclic) bond motifs is 1. The molecule has 20 heavy (non-hydrogen) atoms. The largest absolute Gasteiger partial charge is 0.493 e. The van der Waals surface area contributed by atoms with Crippen LogP contribution in [0.3, 0.4) is 0 Å². The van der Waals surface area contributed by atoms with E-state index < -0.39 is 0 Å². The summed E-state index contributed by atoms with van der Waals surface area (Å²) in [5, 5.41) is 19.7. The van der Waals surface area contributed by atoms with Gasteiger partial charge < -0.3 is 10.1 Å². The summed E-state index contributed by atoms with van der Waals surface area (Å²) in [7, 11) is 0. The standard InChI is InChI=1S/C14H9Cl2N3O/c15-8-5-6-12(10(16)7-8)18-19-13-9-3-1-2-4-11(9)17-14(13)20/h1-7,17,20H. The van der Waals surface area contributed by atoms with Gasteiger partial charge >= 0.3 is 0 Å². The number of hydrogen-bond donors (Lipinski definition) is 2. The van der Waals surface area contributed by atoms with E-state index in [1.807, 2.05) is 24.3 Å². The number of halogens is 2. The quantitative estimate of drug-likeness (QED) is 0.595. The Morgan fingerprint density at radius 1 is 1.00 bits per heavy atom. The Labute approximate surface area is 124 Å². The molecule has 0 unspecified atom stereocenters. The van der Waals surface area contributed by atoms with Gasteiger partial charge in [-0.05, 0) is 24.3 Å². The third kappa shape index (κ3) is 2.35. The molecule has 0 aliphatic carbocycles. The molecular weight excluding hydrogens is 297 g/mol. The van der Waals surface area contributed by atoms with Gasteiger partial charge in [0.25, 0.3) is 0 Å². The van der Waals surface area contributed by atoms with Crippen molar-refractivity contribution in [1.29, 1.82) is 0 Å². The minimum atomic E-state index is -0.0277. The highest BCUT2D eigenvalue weighted by atomic mass is 35.5. The molecule has 0 atom stereocenters. The Kier molecular flexibility index (Phi) is 3.34. The maximum absolute atomic E-state index is 9.86. The van der Waals surface area contributed by atoms with Crippen LogP contribution in [0.4, 0.5) is 11.4 Å². The summed E-state index contributed by atoms with van der Waals surface area (Å²) in [6.07, 6.45) is 0. The third-order valence-corrected chi connectivity index (χ3v) is 3.36. The first-order valence-electron chi connectivity index (χ1n) is 5.81. The molecule has 3 aromatic rings. The zero-order chi connectivity index (χ0) is 14.1. The molecule has 0 amide bonds. The van der Waals surface area contributed by atoms with Crippen molar-refractivity contribution in [3.05, 3.63) is 52.5 Å². The van der Waals surface area contributed by atoms with Crippen molar-refractivity contribution in [2.75, 3.05) is 0 Å². The second kappa shape index (κ2) is 5.15. The topological polar surface area (TPSA) is 60.7 Å². The monoisotopic (exact) mass is 305 g/mol. The lowest BCUT2D eigenvalue weighted by Gasteiger charge is -1.97. The minimum Gasteiger partial charge on any atom is -0.493 e. The first-order chi connectivity index (χ1) is 9.65. The average Bonchev–Trinajstić information content (AvgIpc) is 2.74. The molecule has 2 N–H and O–H groups in total. The maximum atomic E-state index is 9.86. The number of hydrogen-bond acceptors (Lipinski definition) is 3. The van der Waals surface area contributed by atoms with Crippen molar-refractivity contribution in [2.24, 2.45) is 10.2 Å². The number of para-hydroxylation sites is 1. The van der Waals surface area contributed by atoms with Crippen molar-refractivity contribution >= 4 is 45.5 Å². The summed E-state index contributed by atoms with van der Waals surface area (Å²) in [6.45, 7) is 0. The van der Waals surface area contributed by atoms with Crippen LogP contribution in [-0.2, 0) is 0 Å². The number of nitrogens with zero attached hydrogens (tertiary/aromatic N) is 2. The van der Waals surface area contributed by atoms with Gasteiger partial charge in [-0.1, -0.05) is 41.4 Å². The molecule has 0 saturated heterocycles. The van der Waals surface area contributed by atoms with E-state index in [1.54, 1.807) is 18.2 Å². The molecule has 0 spiro atoms. The summed E-state index contributed by atoms with van der Waals surface area (Å²) in [4.78, 5) is 2.83. The number of aromatic nitrogens is 1. The summed E-state index contributed by atoms with van der Waals surface area (Å²) >= 11 is 11.8. The van der Waals surface area contributed by atoms with Crippen LogP contribution in [0, 0.1) is 0 Å². The van der Waals surface area contributed by atoms with Gasteiger partial charge in [0, 0.05) is 10.4 Å². The predicted molar refractivity (Wildman–Crippen MR) is 80.6 cm³/mol. The Hall–Kier alpha value is -2.04. The van der Waals surface area contributed by atoms with E-state index in [4.69, 9.17) is 23.2 Å². The van der Waals surface area contributed by atoms with Crippen LogP contribution in [0.15, 0.2) is 52.7 Å². The molecule has 100 valence electrons. The van der Waals surface area contributed by atoms with Gasteiger partial charge in [0.1, 0.15) is 5.69 Å². The van der Waals surface area contributed by atoms with E-state index in [0.717, 1.165) is 10.9 Å². The molecule has 4 nitrogen and oxygen atoms in total. The highest BCUT2D eigenvalue weighted by Gasteiger charge is 2.09. The molecule has 0 aliphatic heterocycles. The summed E-state index contributed by atoms with van der Waals surface area (Å²) in [6, 6.07) is 12.4. The van der Waals surface area contributed by atoms with Crippen LogP contribution < -0.4 is 0 Å². The lowest BCUT2D eigenvalue weighted by atomic mass is 10.2. The normalized spacial score (nSPS) is 11.5. The Balaban J connectivity index is 2.04. The second-order valence-corrected chi connectivity index (χ2v) is 5.01. The lowest BCUT2D eigenvalue weighted by molar-refractivity contribution is 0.459. The van der Waals surface area contributed by atoms with Gasteiger partial charge in [-0.15, -0.1) is 10.2 Å². The number of aromatic hydroxyl groups is 1. The molecule has 0 aliphatic rings. The van der Waals surface area contributed by atoms with Crippen molar-refractivity contribution in [1.82, 2.24) is 4.98 Å². The van der Waals surface area contributed by atoms with Crippen LogP contribution in [0.25, 0.3) is 10.9 Å². The molecule has 0 saturated carbocycles. The molecule has 0 bridgehead atoms. The van der Waals surface area contributed by atoms with E-state index in [2.05, 4.69) is 15.2 Å². The fourth-order valence-corrected chi connectivity index (χ4v) is 2.33. The lowest BCUT2D eigenvalue weighted by Crippen LogP contribution is -1.69. The molecule has 2 aromatic carbocycles. The van der Waals surface area contributed by atoms with Gasteiger partial charge in [-0.3, -0.25) is 0 Å². The average molecular weight is 306 g/mol. The number of aromatic amines is 1. The first kappa shape index (κ1) is 13.0. The Morgan fingerprint density at radius 2 is 1.80 bits per heavy atom. The van der Waals surface area contributed by atoms with Gasteiger partial charge in [0.05, 0.1) is 10.5 Å². The van der Waals surface area contributed by atoms with Crippen LogP contribution in [0.2, 0.25) is 10.0 Å². The zero-order valence-corrected chi connectivity index (χ0v) is 11.7. The fourth-order valence-electron chi connectivity index (χ4n) is 1.88. The summed E-state index contributed by atoms with van der Waals surface area (Å²) in [5.74, 6) is -0.0277. The number of nitrogens with one attached hydrogen (secondary N) is 1. The molecule has 1 heterocycles. The molecular formula is C14H9Cl2N3O. The smallest absolute Gasteiger partial charge is 0.218 e. The van der Waals surface area contributed by atoms with Crippen molar-refractivity contribution in [2.45, 2.75) is 0 Å². The molecule has 1 aromatic heterocycles. The van der Waals surface area contributed by atoms with Crippen LogP contribution in [-0.4, -0.2) is 10.1 Å².